The van der Waals surface area contributed by atoms with E-state index in [1.54, 1.807) is 19.9 Å². The van der Waals surface area contributed by atoms with Crippen LogP contribution in [0.4, 0.5) is 11.5 Å². The first-order valence-electron chi connectivity index (χ1n) is 9.11. The molecule has 0 aliphatic carbocycles. The molecule has 0 saturated carbocycles. The third kappa shape index (κ3) is 3.98. The Balaban J connectivity index is 1.78. The van der Waals surface area contributed by atoms with E-state index in [9.17, 15) is 19.7 Å². The van der Waals surface area contributed by atoms with Crippen LogP contribution in [0.3, 0.4) is 0 Å². The Bertz CT molecular complexity index is 1360. The number of nitrogens with one attached hydrogen (secondary N) is 2. The summed E-state index contributed by atoms with van der Waals surface area (Å²) in [6.07, 6.45) is 0. The minimum atomic E-state index is -0.570. The maximum absolute atomic E-state index is 12.8. The summed E-state index contributed by atoms with van der Waals surface area (Å²) in [6, 6.07) is 10.8. The van der Waals surface area contributed by atoms with Crippen molar-refractivity contribution in [2.75, 3.05) is 5.32 Å². The summed E-state index contributed by atoms with van der Waals surface area (Å²) in [7, 11) is 0. The molecule has 10 nitrogen and oxygen atoms in total. The molecule has 0 spiro atoms. The lowest BCUT2D eigenvalue weighted by molar-refractivity contribution is -0.384. The van der Waals surface area contributed by atoms with E-state index < -0.39 is 10.8 Å². The van der Waals surface area contributed by atoms with Gasteiger partial charge in [0, 0.05) is 35.0 Å². The number of nitrogens with zero attached hydrogens (tertiary/aromatic N) is 4. The van der Waals surface area contributed by atoms with Crippen molar-refractivity contribution in [2.24, 2.45) is 0 Å². The molecule has 31 heavy (non-hydrogen) atoms. The van der Waals surface area contributed by atoms with Gasteiger partial charge in [-0.05, 0) is 31.4 Å². The summed E-state index contributed by atoms with van der Waals surface area (Å²) >= 11 is 1.47. The highest BCUT2D eigenvalue weighted by molar-refractivity contribution is 7.13. The summed E-state index contributed by atoms with van der Waals surface area (Å²) in [5.41, 5.74) is 1.19. The molecular weight excluding hydrogens is 420 g/mol. The van der Waals surface area contributed by atoms with Crippen LogP contribution < -0.4 is 10.9 Å². The molecule has 2 N–H and O–H groups in total. The number of H-pyrrole nitrogens is 1. The third-order valence-electron chi connectivity index (χ3n) is 4.63. The van der Waals surface area contributed by atoms with Gasteiger partial charge in [0.05, 0.1) is 9.80 Å². The molecule has 0 bridgehead atoms. The van der Waals surface area contributed by atoms with Crippen LogP contribution in [-0.2, 0) is 0 Å². The Hall–Kier alpha value is -4.12. The predicted molar refractivity (Wildman–Crippen MR) is 116 cm³/mol. The number of carbonyl (C=O) groups excluding carboxylic acids is 1. The number of aromatic amines is 1. The quantitative estimate of drug-likeness (QED) is 0.363. The summed E-state index contributed by atoms with van der Waals surface area (Å²) in [6.45, 7) is 3.37. The molecule has 0 saturated heterocycles. The summed E-state index contributed by atoms with van der Waals surface area (Å²) in [5.74, 6) is -0.162. The second kappa shape index (κ2) is 7.95. The fourth-order valence-corrected chi connectivity index (χ4v) is 3.54. The highest BCUT2D eigenvalue weighted by atomic mass is 32.1. The van der Waals surface area contributed by atoms with Gasteiger partial charge < -0.3 is 5.32 Å². The molecule has 3 aromatic heterocycles. The van der Waals surface area contributed by atoms with Crippen molar-refractivity contribution in [3.8, 4) is 16.5 Å². The van der Waals surface area contributed by atoms with Gasteiger partial charge in [0.15, 0.2) is 0 Å². The molecule has 3 heterocycles. The number of rotatable bonds is 5. The smallest absolute Gasteiger partial charge is 0.270 e. The number of benzene rings is 1. The van der Waals surface area contributed by atoms with Gasteiger partial charge in [-0.15, -0.1) is 11.3 Å². The van der Waals surface area contributed by atoms with Crippen LogP contribution >= 0.6 is 11.3 Å². The molecule has 0 fully saturated rings. The molecule has 11 heteroatoms. The number of thiophene rings is 1. The molecule has 0 aliphatic heterocycles. The van der Waals surface area contributed by atoms with Gasteiger partial charge in [-0.1, -0.05) is 12.1 Å². The largest absolute Gasteiger partial charge is 0.306 e. The maximum atomic E-state index is 12.8. The van der Waals surface area contributed by atoms with Gasteiger partial charge in [-0.2, -0.15) is 9.78 Å². The van der Waals surface area contributed by atoms with Crippen LogP contribution in [-0.4, -0.2) is 30.6 Å². The van der Waals surface area contributed by atoms with Crippen molar-refractivity contribution in [1.82, 2.24) is 19.7 Å². The number of carbonyl (C=O) groups is 1. The summed E-state index contributed by atoms with van der Waals surface area (Å²) in [4.78, 5) is 43.4. The van der Waals surface area contributed by atoms with Crippen LogP contribution in [0, 0.1) is 24.0 Å². The van der Waals surface area contributed by atoms with E-state index in [2.05, 4.69) is 20.4 Å². The first-order valence-corrected chi connectivity index (χ1v) is 9.99. The number of non-ortho nitro benzene ring substituents is 1. The van der Waals surface area contributed by atoms with Gasteiger partial charge in [-0.3, -0.25) is 24.7 Å². The lowest BCUT2D eigenvalue weighted by Crippen LogP contribution is -2.20. The third-order valence-corrected chi connectivity index (χ3v) is 5.52. The van der Waals surface area contributed by atoms with E-state index in [4.69, 9.17) is 0 Å². The zero-order valence-electron chi connectivity index (χ0n) is 16.4. The Kier molecular flexibility index (Phi) is 5.17. The highest BCUT2D eigenvalue weighted by Gasteiger charge is 2.19. The van der Waals surface area contributed by atoms with E-state index in [0.29, 0.717) is 17.0 Å². The average molecular weight is 436 g/mol. The van der Waals surface area contributed by atoms with Gasteiger partial charge >= 0.3 is 0 Å². The average Bonchev–Trinajstić information content (AvgIpc) is 3.41. The maximum Gasteiger partial charge on any atom is 0.270 e. The van der Waals surface area contributed by atoms with Gasteiger partial charge in [0.25, 0.3) is 17.2 Å². The standard InChI is InChI=1S/C20H16N6O4S/c1-11-12(2)21-20(23-18(11)27)25-17(10-15(24-25)16-7-4-8-31-16)22-19(28)13-5-3-6-14(9-13)26(29)30/h3-10H,1-2H3,(H,22,28)(H,21,23,27). The zero-order valence-corrected chi connectivity index (χ0v) is 17.3. The number of hydrogen-bond donors (Lipinski definition) is 2. The van der Waals surface area contributed by atoms with E-state index in [0.717, 1.165) is 4.88 Å². The molecule has 4 rings (SSSR count). The van der Waals surface area contributed by atoms with E-state index in [1.165, 1.54) is 40.3 Å². The van der Waals surface area contributed by atoms with Crippen LogP contribution in [0.1, 0.15) is 21.6 Å². The molecule has 1 aromatic carbocycles. The SMILES string of the molecule is Cc1nc(-n2nc(-c3cccs3)cc2NC(=O)c2cccc([N+](=O)[O-])c2)[nH]c(=O)c1C. The monoisotopic (exact) mass is 436 g/mol. The van der Waals surface area contributed by atoms with Crippen molar-refractivity contribution in [1.29, 1.82) is 0 Å². The van der Waals surface area contributed by atoms with Crippen molar-refractivity contribution in [2.45, 2.75) is 13.8 Å². The summed E-state index contributed by atoms with van der Waals surface area (Å²) < 4.78 is 1.33. The van der Waals surface area contributed by atoms with Crippen molar-refractivity contribution in [3.05, 3.63) is 85.1 Å². The molecule has 4 aromatic rings. The molecule has 0 unspecified atom stereocenters. The molecule has 156 valence electrons. The Morgan fingerprint density at radius 2 is 2.03 bits per heavy atom. The number of anilines is 1. The second-order valence-electron chi connectivity index (χ2n) is 6.67. The van der Waals surface area contributed by atoms with Crippen LogP contribution in [0.25, 0.3) is 16.5 Å². The Morgan fingerprint density at radius 3 is 2.71 bits per heavy atom. The minimum absolute atomic E-state index is 0.112. The highest BCUT2D eigenvalue weighted by Crippen LogP contribution is 2.27. The first kappa shape index (κ1) is 20.2. The topological polar surface area (TPSA) is 136 Å². The van der Waals surface area contributed by atoms with Crippen LogP contribution in [0.5, 0.6) is 0 Å². The first-order chi connectivity index (χ1) is 14.8. The zero-order chi connectivity index (χ0) is 22.1. The lowest BCUT2D eigenvalue weighted by Gasteiger charge is -2.09. The molecule has 1 amide bonds. The lowest BCUT2D eigenvalue weighted by atomic mass is 10.2. The van der Waals surface area contributed by atoms with E-state index >= 15 is 0 Å². The van der Waals surface area contributed by atoms with E-state index in [-0.39, 0.29) is 28.6 Å². The minimum Gasteiger partial charge on any atom is -0.306 e. The normalized spacial score (nSPS) is 10.8. The summed E-state index contributed by atoms with van der Waals surface area (Å²) in [5, 5.41) is 20.1. The number of amides is 1. The predicted octanol–water partition coefficient (Wildman–Crippen LogP) is 3.46. The fraction of sp³-hybridized carbons (Fsp3) is 0.100. The molecule has 0 atom stereocenters. The fourth-order valence-electron chi connectivity index (χ4n) is 2.86. The van der Waals surface area contributed by atoms with Gasteiger partial charge in [0.1, 0.15) is 11.5 Å². The number of aromatic nitrogens is 4. The van der Waals surface area contributed by atoms with Crippen molar-refractivity contribution >= 4 is 28.7 Å². The Labute approximate surface area is 179 Å². The second-order valence-corrected chi connectivity index (χ2v) is 7.61. The van der Waals surface area contributed by atoms with Crippen molar-refractivity contribution in [3.63, 3.8) is 0 Å². The number of hydrogen-bond acceptors (Lipinski definition) is 7. The molecule has 0 aliphatic rings. The molecular formula is C20H16N6O4S. The number of nitro groups is 1. The number of aryl methyl sites for hydroxylation is 1. The van der Waals surface area contributed by atoms with Crippen LogP contribution in [0.15, 0.2) is 52.6 Å². The van der Waals surface area contributed by atoms with Gasteiger partial charge in [0.2, 0.25) is 5.95 Å². The van der Waals surface area contributed by atoms with Gasteiger partial charge in [-0.25, -0.2) is 4.98 Å². The van der Waals surface area contributed by atoms with E-state index in [1.807, 2.05) is 17.5 Å². The number of nitro benzene ring substituents is 1. The van der Waals surface area contributed by atoms with Crippen LogP contribution in [0.2, 0.25) is 0 Å². The molecule has 0 radical (unpaired) electrons. The van der Waals surface area contributed by atoms with Crippen molar-refractivity contribution < 1.29 is 9.72 Å². The Morgan fingerprint density at radius 1 is 1.23 bits per heavy atom.